The Hall–Kier alpha value is -1.84. The molecule has 2 rings (SSSR count). The minimum atomic E-state index is -0.305. The third-order valence-corrected chi connectivity index (χ3v) is 4.74. The van der Waals surface area contributed by atoms with Gasteiger partial charge in [-0.2, -0.15) is 0 Å². The van der Waals surface area contributed by atoms with Crippen LogP contribution in [0, 0.1) is 0 Å². The molecule has 0 aliphatic heterocycles. The first-order valence-electron chi connectivity index (χ1n) is 9.77. The molecule has 0 saturated heterocycles. The molecule has 4 nitrogen and oxygen atoms in total. The average Bonchev–Trinajstić information content (AvgIpc) is 3.02. The molecule has 0 radical (unpaired) electrons. The number of amides is 1. The lowest BCUT2D eigenvalue weighted by Gasteiger charge is -2.11. The Bertz CT molecular complexity index is 539. The number of ketones is 1. The Morgan fingerprint density at radius 3 is 2.40 bits per heavy atom. The molecule has 4 heteroatoms. The molecule has 0 spiro atoms. The second-order valence-corrected chi connectivity index (χ2v) is 6.88. The number of hydrogen-bond acceptors (Lipinski definition) is 3. The number of hydrogen-bond donors (Lipinski definition) is 1. The van der Waals surface area contributed by atoms with Crippen LogP contribution in [0.3, 0.4) is 0 Å². The van der Waals surface area contributed by atoms with Crippen molar-refractivity contribution in [1.82, 2.24) is 5.32 Å². The van der Waals surface area contributed by atoms with E-state index in [1.54, 1.807) is 12.1 Å². The number of benzene rings is 1. The average molecular weight is 345 g/mol. The smallest absolute Gasteiger partial charge is 0.251 e. The SMILES string of the molecule is CCCCCCCCCOc1ccc(C(=O)N[C@@H]2CCCC2=O)cc1. The summed E-state index contributed by atoms with van der Waals surface area (Å²) >= 11 is 0. The number of nitrogens with one attached hydrogen (secondary N) is 1. The molecule has 1 amide bonds. The van der Waals surface area contributed by atoms with Crippen molar-refractivity contribution >= 4 is 11.7 Å². The number of Topliss-reactive ketones (excluding diaryl/α,β-unsaturated/α-hetero) is 1. The molecule has 1 aromatic rings. The Kier molecular flexibility index (Phi) is 8.50. The lowest BCUT2D eigenvalue weighted by atomic mass is 10.1. The highest BCUT2D eigenvalue weighted by atomic mass is 16.5. The summed E-state index contributed by atoms with van der Waals surface area (Å²) in [4.78, 5) is 23.8. The summed E-state index contributed by atoms with van der Waals surface area (Å²) < 4.78 is 5.73. The molecule has 25 heavy (non-hydrogen) atoms. The largest absolute Gasteiger partial charge is 0.494 e. The molecule has 0 unspecified atom stereocenters. The molecule has 138 valence electrons. The van der Waals surface area contributed by atoms with Gasteiger partial charge in [0.15, 0.2) is 5.78 Å². The molecular formula is C21H31NO3. The fourth-order valence-corrected chi connectivity index (χ4v) is 3.16. The van der Waals surface area contributed by atoms with Crippen LogP contribution in [0.2, 0.25) is 0 Å². The van der Waals surface area contributed by atoms with E-state index in [0.717, 1.165) is 31.6 Å². The molecule has 0 bridgehead atoms. The second-order valence-electron chi connectivity index (χ2n) is 6.88. The maximum Gasteiger partial charge on any atom is 0.251 e. The maximum absolute atomic E-state index is 12.2. The van der Waals surface area contributed by atoms with E-state index in [9.17, 15) is 9.59 Å². The molecule has 1 atom stereocenters. The van der Waals surface area contributed by atoms with E-state index in [2.05, 4.69) is 12.2 Å². The monoisotopic (exact) mass is 345 g/mol. The minimum Gasteiger partial charge on any atom is -0.494 e. The molecule has 1 saturated carbocycles. The van der Waals surface area contributed by atoms with Crippen LogP contribution in [-0.2, 0) is 4.79 Å². The number of carbonyl (C=O) groups excluding carboxylic acids is 2. The molecule has 1 N–H and O–H groups in total. The third kappa shape index (κ3) is 6.89. The Morgan fingerprint density at radius 2 is 1.76 bits per heavy atom. The van der Waals surface area contributed by atoms with Crippen LogP contribution in [-0.4, -0.2) is 24.3 Å². The predicted molar refractivity (Wildman–Crippen MR) is 100 cm³/mol. The summed E-state index contributed by atoms with van der Waals surface area (Å²) in [5, 5.41) is 2.82. The van der Waals surface area contributed by atoms with Gasteiger partial charge in [0.1, 0.15) is 5.75 Å². The maximum atomic E-state index is 12.2. The van der Waals surface area contributed by atoms with Crippen LogP contribution in [0.4, 0.5) is 0 Å². The minimum absolute atomic E-state index is 0.142. The standard InChI is InChI=1S/C21H31NO3/c1-2-3-4-5-6-7-8-16-25-18-14-12-17(13-15-18)21(24)22-19-10-9-11-20(19)23/h12-15,19H,2-11,16H2,1H3,(H,22,24)/t19-/m1/s1. The fourth-order valence-electron chi connectivity index (χ4n) is 3.16. The summed E-state index contributed by atoms with van der Waals surface area (Å²) in [6.45, 7) is 2.95. The van der Waals surface area contributed by atoms with E-state index in [0.29, 0.717) is 12.0 Å². The van der Waals surface area contributed by atoms with Crippen LogP contribution in [0.15, 0.2) is 24.3 Å². The van der Waals surface area contributed by atoms with Crippen LogP contribution >= 0.6 is 0 Å². The van der Waals surface area contributed by atoms with E-state index < -0.39 is 0 Å². The van der Waals surface area contributed by atoms with Gasteiger partial charge in [0.05, 0.1) is 12.6 Å². The summed E-state index contributed by atoms with van der Waals surface area (Å²) in [5.74, 6) is 0.751. The Labute approximate surface area is 151 Å². The van der Waals surface area contributed by atoms with E-state index >= 15 is 0 Å². The van der Waals surface area contributed by atoms with E-state index in [1.165, 1.54) is 38.5 Å². The number of unbranched alkanes of at least 4 members (excludes halogenated alkanes) is 6. The van der Waals surface area contributed by atoms with Gasteiger partial charge in [0.2, 0.25) is 0 Å². The van der Waals surface area contributed by atoms with Gasteiger partial charge in [-0.3, -0.25) is 9.59 Å². The quantitative estimate of drug-likeness (QED) is 0.593. The van der Waals surface area contributed by atoms with Gasteiger partial charge >= 0.3 is 0 Å². The number of rotatable bonds is 11. The molecule has 1 aromatic carbocycles. The van der Waals surface area contributed by atoms with Crippen molar-refractivity contribution in [3.05, 3.63) is 29.8 Å². The van der Waals surface area contributed by atoms with Crippen molar-refractivity contribution in [2.45, 2.75) is 77.2 Å². The number of ether oxygens (including phenoxy) is 1. The molecule has 1 fully saturated rings. The molecule has 1 aliphatic rings. The van der Waals surface area contributed by atoms with Crippen LogP contribution < -0.4 is 10.1 Å². The van der Waals surface area contributed by atoms with Gasteiger partial charge in [-0.1, -0.05) is 45.4 Å². The molecule has 1 aliphatic carbocycles. The number of carbonyl (C=O) groups is 2. The van der Waals surface area contributed by atoms with Gasteiger partial charge in [-0.25, -0.2) is 0 Å². The topological polar surface area (TPSA) is 55.4 Å². The van der Waals surface area contributed by atoms with E-state index in [4.69, 9.17) is 4.74 Å². The second kappa shape index (κ2) is 10.9. The van der Waals surface area contributed by atoms with Gasteiger partial charge < -0.3 is 10.1 Å². The molecule has 0 heterocycles. The lowest BCUT2D eigenvalue weighted by molar-refractivity contribution is -0.118. The summed E-state index contributed by atoms with van der Waals surface area (Å²) in [6, 6.07) is 6.86. The first-order chi connectivity index (χ1) is 12.2. The fraction of sp³-hybridized carbons (Fsp3) is 0.619. The Balaban J connectivity index is 1.64. The van der Waals surface area contributed by atoms with Crippen molar-refractivity contribution in [2.24, 2.45) is 0 Å². The van der Waals surface area contributed by atoms with Crippen molar-refractivity contribution in [2.75, 3.05) is 6.61 Å². The van der Waals surface area contributed by atoms with Crippen molar-refractivity contribution < 1.29 is 14.3 Å². The first kappa shape index (κ1) is 19.5. The summed E-state index contributed by atoms with van der Waals surface area (Å²) in [5.41, 5.74) is 0.572. The highest BCUT2D eigenvalue weighted by Crippen LogP contribution is 2.17. The highest BCUT2D eigenvalue weighted by Gasteiger charge is 2.25. The third-order valence-electron chi connectivity index (χ3n) is 4.74. The van der Waals surface area contributed by atoms with Gasteiger partial charge in [0, 0.05) is 12.0 Å². The summed E-state index contributed by atoms with van der Waals surface area (Å²) in [7, 11) is 0. The zero-order chi connectivity index (χ0) is 17.9. The zero-order valence-electron chi connectivity index (χ0n) is 15.4. The van der Waals surface area contributed by atoms with Crippen molar-refractivity contribution in [3.63, 3.8) is 0 Å². The zero-order valence-corrected chi connectivity index (χ0v) is 15.4. The highest BCUT2D eigenvalue weighted by molar-refractivity contribution is 5.98. The van der Waals surface area contributed by atoms with Crippen LogP contribution in [0.5, 0.6) is 5.75 Å². The molecule has 0 aromatic heterocycles. The Morgan fingerprint density at radius 1 is 1.08 bits per heavy atom. The lowest BCUT2D eigenvalue weighted by Crippen LogP contribution is -2.37. The van der Waals surface area contributed by atoms with Crippen LogP contribution in [0.1, 0.15) is 81.5 Å². The van der Waals surface area contributed by atoms with Crippen molar-refractivity contribution in [3.8, 4) is 5.75 Å². The van der Waals surface area contributed by atoms with Crippen molar-refractivity contribution in [1.29, 1.82) is 0 Å². The van der Waals surface area contributed by atoms with Crippen LogP contribution in [0.25, 0.3) is 0 Å². The summed E-state index contributed by atoms with van der Waals surface area (Å²) in [6.07, 6.45) is 11.0. The predicted octanol–water partition coefficient (Wildman–Crippen LogP) is 4.67. The van der Waals surface area contributed by atoms with Gasteiger partial charge in [0.25, 0.3) is 5.91 Å². The normalized spacial score (nSPS) is 16.8. The van der Waals surface area contributed by atoms with E-state index in [1.807, 2.05) is 12.1 Å². The first-order valence-corrected chi connectivity index (χ1v) is 9.77. The molecular weight excluding hydrogens is 314 g/mol. The van der Waals surface area contributed by atoms with Gasteiger partial charge in [-0.15, -0.1) is 0 Å². The van der Waals surface area contributed by atoms with E-state index in [-0.39, 0.29) is 17.7 Å². The van der Waals surface area contributed by atoms with Gasteiger partial charge in [-0.05, 0) is 43.5 Å².